The predicted octanol–water partition coefficient (Wildman–Crippen LogP) is 7.64. The van der Waals surface area contributed by atoms with E-state index in [0.717, 1.165) is 60.8 Å². The lowest BCUT2D eigenvalue weighted by molar-refractivity contribution is -0.0576. The average molecular weight is 465 g/mol. The summed E-state index contributed by atoms with van der Waals surface area (Å²) < 4.78 is 0. The van der Waals surface area contributed by atoms with Crippen molar-refractivity contribution in [3.63, 3.8) is 0 Å². The van der Waals surface area contributed by atoms with E-state index < -0.39 is 5.60 Å². The molecule has 0 radical (unpaired) electrons. The lowest BCUT2D eigenvalue weighted by Gasteiger charge is -2.58. The van der Waals surface area contributed by atoms with Gasteiger partial charge in [-0.25, -0.2) is 0 Å². The van der Waals surface area contributed by atoms with Crippen LogP contribution in [0.15, 0.2) is 42.0 Å². The number of hydrogen-bond donors (Lipinski definition) is 2. The molecule has 0 heterocycles. The van der Waals surface area contributed by atoms with E-state index in [9.17, 15) is 10.2 Å². The Labute approximate surface area is 208 Å². The standard InChI is InChI=1S/C32H48O2/c1-22(9-8-18-32(4,34)23-10-6-5-7-11-23)27-14-15-28-26-13-12-24-21-25(33)16-19-30(24,2)29(26)17-20-31(27,28)3/h5-7,10-12,22,25-29,33-34H,8-9,13-21H2,1-4H3/t22-,25+,26-,27-,28-,29+,30+,31-,32-/m1/s1. The van der Waals surface area contributed by atoms with E-state index in [1.807, 2.05) is 25.1 Å². The molecule has 0 aliphatic heterocycles. The van der Waals surface area contributed by atoms with E-state index in [0.29, 0.717) is 10.8 Å². The van der Waals surface area contributed by atoms with Crippen molar-refractivity contribution in [2.24, 2.45) is 40.4 Å². The quantitative estimate of drug-likeness (QED) is 0.425. The van der Waals surface area contributed by atoms with E-state index in [1.54, 1.807) is 5.57 Å². The van der Waals surface area contributed by atoms with Crippen molar-refractivity contribution in [1.82, 2.24) is 0 Å². The highest BCUT2D eigenvalue weighted by Gasteiger charge is 2.59. The Balaban J connectivity index is 1.24. The molecule has 0 unspecified atom stereocenters. The van der Waals surface area contributed by atoms with E-state index >= 15 is 0 Å². The first-order valence-electron chi connectivity index (χ1n) is 14.3. The van der Waals surface area contributed by atoms with Gasteiger partial charge in [-0.2, -0.15) is 0 Å². The van der Waals surface area contributed by atoms with Gasteiger partial charge in [-0.15, -0.1) is 0 Å². The van der Waals surface area contributed by atoms with Crippen molar-refractivity contribution in [3.8, 4) is 0 Å². The van der Waals surface area contributed by atoms with Gasteiger partial charge in [-0.05, 0) is 117 Å². The Morgan fingerprint density at radius 1 is 1.03 bits per heavy atom. The summed E-state index contributed by atoms with van der Waals surface area (Å²) in [5.74, 6) is 4.10. The normalized spacial score (nSPS) is 42.1. The summed E-state index contributed by atoms with van der Waals surface area (Å²) in [5, 5.41) is 21.3. The third-order valence-corrected chi connectivity index (χ3v) is 11.6. The van der Waals surface area contributed by atoms with Gasteiger partial charge in [0.25, 0.3) is 0 Å². The molecule has 1 aromatic carbocycles. The Bertz CT molecular complexity index is 888. The summed E-state index contributed by atoms with van der Waals surface area (Å²) >= 11 is 0. The van der Waals surface area contributed by atoms with Crippen LogP contribution in [-0.4, -0.2) is 16.3 Å². The molecule has 4 aliphatic rings. The number of allylic oxidation sites excluding steroid dienone is 1. The van der Waals surface area contributed by atoms with Crippen LogP contribution in [0.3, 0.4) is 0 Å². The second-order valence-corrected chi connectivity index (χ2v) is 13.4. The van der Waals surface area contributed by atoms with Gasteiger partial charge in [0.1, 0.15) is 0 Å². The van der Waals surface area contributed by atoms with Crippen molar-refractivity contribution < 1.29 is 10.2 Å². The van der Waals surface area contributed by atoms with Gasteiger partial charge in [0.2, 0.25) is 0 Å². The molecule has 0 amide bonds. The van der Waals surface area contributed by atoms with Crippen LogP contribution >= 0.6 is 0 Å². The first kappa shape index (κ1) is 24.6. The number of aliphatic hydroxyl groups is 2. The van der Waals surface area contributed by atoms with Gasteiger partial charge in [-0.3, -0.25) is 0 Å². The number of aliphatic hydroxyl groups excluding tert-OH is 1. The third kappa shape index (κ3) is 4.11. The van der Waals surface area contributed by atoms with Crippen molar-refractivity contribution >= 4 is 0 Å². The molecule has 3 saturated carbocycles. The molecule has 2 heteroatoms. The molecule has 2 N–H and O–H groups in total. The molecular formula is C32H48O2. The summed E-state index contributed by atoms with van der Waals surface area (Å²) in [7, 11) is 0. The molecule has 0 spiro atoms. The van der Waals surface area contributed by atoms with Gasteiger partial charge in [0, 0.05) is 0 Å². The van der Waals surface area contributed by atoms with Crippen molar-refractivity contribution in [1.29, 1.82) is 0 Å². The summed E-state index contributed by atoms with van der Waals surface area (Å²) in [6.07, 6.45) is 15.6. The zero-order valence-electron chi connectivity index (χ0n) is 22.1. The highest BCUT2D eigenvalue weighted by molar-refractivity contribution is 5.25. The van der Waals surface area contributed by atoms with Crippen LogP contribution in [0, 0.1) is 40.4 Å². The van der Waals surface area contributed by atoms with E-state index in [2.05, 4.69) is 39.0 Å². The monoisotopic (exact) mass is 464 g/mol. The minimum absolute atomic E-state index is 0.107. The van der Waals surface area contributed by atoms with Crippen molar-refractivity contribution in [3.05, 3.63) is 47.5 Å². The van der Waals surface area contributed by atoms with Gasteiger partial charge in [0.05, 0.1) is 11.7 Å². The maximum Gasteiger partial charge on any atom is 0.0868 e. The molecule has 188 valence electrons. The van der Waals surface area contributed by atoms with Crippen LogP contribution in [0.4, 0.5) is 0 Å². The molecule has 9 atom stereocenters. The minimum atomic E-state index is -0.726. The number of rotatable bonds is 6. The first-order valence-corrected chi connectivity index (χ1v) is 14.3. The lowest BCUT2D eigenvalue weighted by Crippen LogP contribution is -2.50. The zero-order chi connectivity index (χ0) is 24.1. The number of fused-ring (bicyclic) bond motifs is 5. The Morgan fingerprint density at radius 2 is 1.79 bits per heavy atom. The van der Waals surface area contributed by atoms with Crippen LogP contribution in [0.25, 0.3) is 0 Å². The van der Waals surface area contributed by atoms with Gasteiger partial charge >= 0.3 is 0 Å². The Kier molecular flexibility index (Phi) is 6.56. The van der Waals surface area contributed by atoms with Crippen LogP contribution in [0.5, 0.6) is 0 Å². The molecule has 5 rings (SSSR count). The zero-order valence-corrected chi connectivity index (χ0v) is 22.1. The number of hydrogen-bond acceptors (Lipinski definition) is 2. The SMILES string of the molecule is C[C@H](CCC[C@@](C)(O)c1ccccc1)[C@H]1CC[C@@H]2[C@H]3CC=C4C[C@@H](O)CC[C@]4(C)[C@H]3CC[C@@]21C. The minimum Gasteiger partial charge on any atom is -0.393 e. The second kappa shape index (κ2) is 9.07. The molecular weight excluding hydrogens is 416 g/mol. The average Bonchev–Trinajstić information content (AvgIpc) is 3.17. The van der Waals surface area contributed by atoms with Crippen LogP contribution in [0.2, 0.25) is 0 Å². The van der Waals surface area contributed by atoms with Crippen LogP contribution < -0.4 is 0 Å². The first-order chi connectivity index (χ1) is 16.1. The van der Waals surface area contributed by atoms with Gasteiger partial charge in [-0.1, -0.05) is 69.2 Å². The maximum absolute atomic E-state index is 11.0. The third-order valence-electron chi connectivity index (χ3n) is 11.6. The maximum atomic E-state index is 11.0. The van der Waals surface area contributed by atoms with Crippen LogP contribution in [-0.2, 0) is 5.60 Å². The lowest BCUT2D eigenvalue weighted by atomic mass is 9.47. The molecule has 0 bridgehead atoms. The summed E-state index contributed by atoms with van der Waals surface area (Å²) in [6.45, 7) is 9.67. The number of benzene rings is 1. The summed E-state index contributed by atoms with van der Waals surface area (Å²) in [6, 6.07) is 10.2. The van der Waals surface area contributed by atoms with Gasteiger partial charge in [0.15, 0.2) is 0 Å². The molecule has 3 fully saturated rings. The molecule has 2 nitrogen and oxygen atoms in total. The molecule has 4 aliphatic carbocycles. The smallest absolute Gasteiger partial charge is 0.0868 e. The van der Waals surface area contributed by atoms with Crippen molar-refractivity contribution in [2.75, 3.05) is 0 Å². The fraction of sp³-hybridized carbons (Fsp3) is 0.750. The van der Waals surface area contributed by atoms with Crippen molar-refractivity contribution in [2.45, 2.75) is 110 Å². The predicted molar refractivity (Wildman–Crippen MR) is 140 cm³/mol. The fourth-order valence-corrected chi connectivity index (χ4v) is 9.53. The largest absolute Gasteiger partial charge is 0.393 e. The molecule has 0 saturated heterocycles. The highest BCUT2D eigenvalue weighted by Crippen LogP contribution is 2.67. The molecule has 34 heavy (non-hydrogen) atoms. The highest BCUT2D eigenvalue weighted by atomic mass is 16.3. The van der Waals surface area contributed by atoms with E-state index in [4.69, 9.17) is 0 Å². The second-order valence-electron chi connectivity index (χ2n) is 13.4. The molecule has 1 aromatic rings. The fourth-order valence-electron chi connectivity index (χ4n) is 9.53. The topological polar surface area (TPSA) is 40.5 Å². The van der Waals surface area contributed by atoms with E-state index in [-0.39, 0.29) is 6.10 Å². The molecule has 0 aromatic heterocycles. The Hall–Kier alpha value is -1.12. The van der Waals surface area contributed by atoms with Gasteiger partial charge < -0.3 is 10.2 Å². The summed E-state index contributed by atoms with van der Waals surface area (Å²) in [5.41, 5.74) is 2.73. The van der Waals surface area contributed by atoms with Crippen LogP contribution in [0.1, 0.15) is 104 Å². The van der Waals surface area contributed by atoms with E-state index in [1.165, 1.54) is 44.9 Å². The Morgan fingerprint density at radius 3 is 2.56 bits per heavy atom. The summed E-state index contributed by atoms with van der Waals surface area (Å²) in [4.78, 5) is 0.